The van der Waals surface area contributed by atoms with Crippen molar-refractivity contribution in [2.45, 2.75) is 0 Å². The predicted octanol–water partition coefficient (Wildman–Crippen LogP) is 2.14. The first-order valence-electron chi connectivity index (χ1n) is 7.39. The molecule has 0 radical (unpaired) electrons. The monoisotopic (exact) mass is 304 g/mol. The molecule has 1 aliphatic heterocycles. The summed E-state index contributed by atoms with van der Waals surface area (Å²) in [6, 6.07) is 19.7. The van der Waals surface area contributed by atoms with Gasteiger partial charge < -0.3 is 20.4 Å². The van der Waals surface area contributed by atoms with E-state index in [9.17, 15) is 0 Å². The molecule has 0 spiro atoms. The molecule has 23 heavy (non-hydrogen) atoms. The second kappa shape index (κ2) is 5.53. The minimum Gasteiger partial charge on any atom is -0.446 e. The van der Waals surface area contributed by atoms with Crippen molar-refractivity contribution in [2.24, 2.45) is 4.99 Å². The summed E-state index contributed by atoms with van der Waals surface area (Å²) in [6.45, 7) is 0.486. The highest BCUT2D eigenvalue weighted by Crippen LogP contribution is 2.23. The van der Waals surface area contributed by atoms with Crippen molar-refractivity contribution >= 4 is 22.9 Å². The minimum atomic E-state index is 0.486. The van der Waals surface area contributed by atoms with E-state index in [0.29, 0.717) is 12.2 Å². The summed E-state index contributed by atoms with van der Waals surface area (Å²) in [5.74, 6) is 0.944. The molecular formula is C18H16N4O. The van der Waals surface area contributed by atoms with Gasteiger partial charge in [0.25, 0.3) is 0 Å². The number of nitrogens with one attached hydrogen (secondary N) is 1. The molecular weight excluding hydrogens is 288 g/mol. The van der Waals surface area contributed by atoms with Crippen molar-refractivity contribution in [3.05, 3.63) is 77.7 Å². The zero-order chi connectivity index (χ0) is 15.6. The summed E-state index contributed by atoms with van der Waals surface area (Å²) in [5.41, 5.74) is 9.22. The summed E-state index contributed by atoms with van der Waals surface area (Å²) in [6.07, 6.45) is 1.66. The van der Waals surface area contributed by atoms with Crippen molar-refractivity contribution in [1.29, 1.82) is 0 Å². The smallest absolute Gasteiger partial charge is 0.226 e. The molecule has 5 heteroatoms. The maximum atomic E-state index is 5.80. The van der Waals surface area contributed by atoms with Crippen molar-refractivity contribution < 1.29 is 4.42 Å². The number of fused-ring (bicyclic) bond motifs is 1. The molecule has 0 saturated carbocycles. The second-order valence-corrected chi connectivity index (χ2v) is 5.30. The first-order valence-corrected chi connectivity index (χ1v) is 7.39. The molecule has 0 bridgehead atoms. The first-order chi connectivity index (χ1) is 11.3. The number of hydrogen-bond donors (Lipinski definition) is 2. The molecule has 0 unspecified atom stereocenters. The lowest BCUT2D eigenvalue weighted by Crippen LogP contribution is -2.41. The maximum absolute atomic E-state index is 5.80. The van der Waals surface area contributed by atoms with Crippen LogP contribution in [0.1, 0.15) is 0 Å². The largest absolute Gasteiger partial charge is 0.446 e. The van der Waals surface area contributed by atoms with Crippen LogP contribution in [0.5, 0.6) is 0 Å². The summed E-state index contributed by atoms with van der Waals surface area (Å²) in [4.78, 5) is 6.59. The summed E-state index contributed by atoms with van der Waals surface area (Å²) >= 11 is 0. The fraction of sp³-hybridized carbons (Fsp3) is 0.0556. The van der Waals surface area contributed by atoms with E-state index in [-0.39, 0.29) is 0 Å². The number of furan rings is 1. The molecule has 3 aromatic rings. The van der Waals surface area contributed by atoms with Gasteiger partial charge in [-0.25, -0.2) is 4.99 Å². The summed E-state index contributed by atoms with van der Waals surface area (Å²) in [7, 11) is 0. The van der Waals surface area contributed by atoms with Crippen LogP contribution < -0.4 is 26.7 Å². The highest BCUT2D eigenvalue weighted by Gasteiger charge is 2.18. The summed E-state index contributed by atoms with van der Waals surface area (Å²) < 4.78 is 5.45. The SMILES string of the molecule is Nc1ccc(N2CN=c3occc3=C2Nc2ccccc2)cc1. The van der Waals surface area contributed by atoms with Crippen LogP contribution >= 0.6 is 0 Å². The van der Waals surface area contributed by atoms with Gasteiger partial charge in [-0.3, -0.25) is 0 Å². The molecule has 0 aliphatic carbocycles. The Labute approximate surface area is 133 Å². The lowest BCUT2D eigenvalue weighted by molar-refractivity contribution is 0.501. The molecule has 1 aromatic heterocycles. The maximum Gasteiger partial charge on any atom is 0.226 e. The Morgan fingerprint density at radius 2 is 1.78 bits per heavy atom. The first kappa shape index (κ1) is 13.5. The highest BCUT2D eigenvalue weighted by molar-refractivity contribution is 5.77. The predicted molar refractivity (Wildman–Crippen MR) is 91.2 cm³/mol. The number of rotatable bonds is 3. The van der Waals surface area contributed by atoms with Gasteiger partial charge in [-0.15, -0.1) is 0 Å². The fourth-order valence-electron chi connectivity index (χ4n) is 2.61. The number of nitrogens with two attached hydrogens (primary N) is 1. The third kappa shape index (κ3) is 2.53. The van der Waals surface area contributed by atoms with Crippen LogP contribution in [0.3, 0.4) is 0 Å². The van der Waals surface area contributed by atoms with Crippen LogP contribution in [0, 0.1) is 0 Å². The van der Waals surface area contributed by atoms with E-state index in [1.165, 1.54) is 0 Å². The van der Waals surface area contributed by atoms with Crippen molar-refractivity contribution in [1.82, 2.24) is 0 Å². The number of nitrogen functional groups attached to an aromatic ring is 1. The van der Waals surface area contributed by atoms with E-state index in [1.54, 1.807) is 6.26 Å². The third-order valence-corrected chi connectivity index (χ3v) is 3.77. The standard InChI is InChI=1S/C18H16N4O/c19-13-6-8-15(9-7-13)22-12-20-18-16(10-11-23-18)17(22)21-14-4-2-1-3-5-14/h1-11,21H,12,19H2. The van der Waals surface area contributed by atoms with E-state index < -0.39 is 0 Å². The van der Waals surface area contributed by atoms with Crippen LogP contribution in [0.25, 0.3) is 5.82 Å². The van der Waals surface area contributed by atoms with Crippen LogP contribution in [-0.4, -0.2) is 6.67 Å². The quantitative estimate of drug-likeness (QED) is 0.728. The van der Waals surface area contributed by atoms with E-state index >= 15 is 0 Å². The molecule has 0 amide bonds. The molecule has 5 nitrogen and oxygen atoms in total. The summed E-state index contributed by atoms with van der Waals surface area (Å²) in [5, 5.41) is 4.42. The van der Waals surface area contributed by atoms with Crippen LogP contribution in [0.4, 0.5) is 17.1 Å². The van der Waals surface area contributed by atoms with E-state index in [1.807, 2.05) is 60.7 Å². The van der Waals surface area contributed by atoms with Gasteiger partial charge in [-0.05, 0) is 42.5 Å². The van der Waals surface area contributed by atoms with Gasteiger partial charge in [-0.1, -0.05) is 18.2 Å². The lowest BCUT2D eigenvalue weighted by atomic mass is 10.2. The minimum absolute atomic E-state index is 0.486. The Hall–Kier alpha value is -3.21. The van der Waals surface area contributed by atoms with Gasteiger partial charge >= 0.3 is 0 Å². The highest BCUT2D eigenvalue weighted by atomic mass is 16.3. The second-order valence-electron chi connectivity index (χ2n) is 5.30. The Kier molecular flexibility index (Phi) is 3.24. The Bertz CT molecular complexity index is 929. The molecule has 1 aliphatic rings. The van der Waals surface area contributed by atoms with Crippen LogP contribution in [0.15, 0.2) is 76.3 Å². The third-order valence-electron chi connectivity index (χ3n) is 3.77. The molecule has 114 valence electrons. The molecule has 2 aromatic carbocycles. The van der Waals surface area contributed by atoms with Crippen molar-refractivity contribution in [3.63, 3.8) is 0 Å². The zero-order valence-corrected chi connectivity index (χ0v) is 12.4. The Morgan fingerprint density at radius 1 is 1.00 bits per heavy atom. The zero-order valence-electron chi connectivity index (χ0n) is 12.4. The van der Waals surface area contributed by atoms with Crippen LogP contribution in [0.2, 0.25) is 0 Å². The van der Waals surface area contributed by atoms with Crippen molar-refractivity contribution in [2.75, 3.05) is 22.6 Å². The lowest BCUT2D eigenvalue weighted by Gasteiger charge is -2.28. The number of anilines is 3. The van der Waals surface area contributed by atoms with Gasteiger partial charge in [-0.2, -0.15) is 0 Å². The number of benzene rings is 2. The molecule has 0 atom stereocenters. The van der Waals surface area contributed by atoms with Gasteiger partial charge in [0.05, 0.1) is 11.5 Å². The van der Waals surface area contributed by atoms with Gasteiger partial charge in [0, 0.05) is 17.1 Å². The molecule has 0 saturated heterocycles. The van der Waals surface area contributed by atoms with Gasteiger partial charge in [0.15, 0.2) is 0 Å². The Morgan fingerprint density at radius 3 is 2.57 bits per heavy atom. The van der Waals surface area contributed by atoms with Gasteiger partial charge in [0.2, 0.25) is 5.55 Å². The van der Waals surface area contributed by atoms with E-state index in [0.717, 1.165) is 28.1 Å². The number of para-hydroxylation sites is 1. The normalized spacial score (nSPS) is 13.4. The topological polar surface area (TPSA) is 66.8 Å². The van der Waals surface area contributed by atoms with E-state index in [4.69, 9.17) is 10.2 Å². The molecule has 2 heterocycles. The van der Waals surface area contributed by atoms with Crippen LogP contribution in [-0.2, 0) is 0 Å². The molecule has 4 rings (SSSR count). The molecule has 3 N–H and O–H groups in total. The fourth-order valence-corrected chi connectivity index (χ4v) is 2.61. The Balaban J connectivity index is 1.82. The molecule has 0 fully saturated rings. The van der Waals surface area contributed by atoms with Gasteiger partial charge in [0.1, 0.15) is 12.5 Å². The average Bonchev–Trinajstić information content (AvgIpc) is 3.06. The number of hydrogen-bond acceptors (Lipinski definition) is 5. The van der Waals surface area contributed by atoms with E-state index in [2.05, 4.69) is 15.2 Å². The number of nitrogens with zero attached hydrogens (tertiary/aromatic N) is 2. The average molecular weight is 304 g/mol. The van der Waals surface area contributed by atoms with Crippen molar-refractivity contribution in [3.8, 4) is 0 Å².